The minimum atomic E-state index is -1.18. The number of nitrogens with one attached hydrogen (secondary N) is 1. The number of carbonyl (C=O) groups excluding carboxylic acids is 1. The fourth-order valence-electron chi connectivity index (χ4n) is 1.77. The summed E-state index contributed by atoms with van der Waals surface area (Å²) < 4.78 is 0. The van der Waals surface area contributed by atoms with Gasteiger partial charge in [-0.2, -0.15) is 0 Å². The Hall–Kier alpha value is -1.59. The van der Waals surface area contributed by atoms with E-state index in [0.717, 1.165) is 12.8 Å². The molecule has 2 N–H and O–H groups in total. The standard InChI is InChI=1S/C10H14N2O4/c1-10(9(14)15,6-2-3-6)11-8(13)7-4-5-16-12-7/h6H,2-5H2,1H3,(H,11,13)(H,14,15). The van der Waals surface area contributed by atoms with Gasteiger partial charge in [0.25, 0.3) is 5.91 Å². The van der Waals surface area contributed by atoms with Gasteiger partial charge in [-0.25, -0.2) is 4.79 Å². The van der Waals surface area contributed by atoms with Crippen molar-refractivity contribution in [2.45, 2.75) is 31.7 Å². The van der Waals surface area contributed by atoms with E-state index in [0.29, 0.717) is 13.0 Å². The van der Waals surface area contributed by atoms with E-state index in [-0.39, 0.29) is 11.6 Å². The van der Waals surface area contributed by atoms with Crippen molar-refractivity contribution in [3.8, 4) is 0 Å². The summed E-state index contributed by atoms with van der Waals surface area (Å²) in [5.41, 5.74) is -0.907. The Morgan fingerprint density at radius 3 is 2.69 bits per heavy atom. The first-order valence-corrected chi connectivity index (χ1v) is 5.29. The van der Waals surface area contributed by atoms with Gasteiger partial charge in [-0.3, -0.25) is 4.79 Å². The van der Waals surface area contributed by atoms with E-state index in [1.165, 1.54) is 0 Å². The Labute approximate surface area is 92.6 Å². The lowest BCUT2D eigenvalue weighted by molar-refractivity contribution is -0.147. The molecule has 1 aliphatic carbocycles. The van der Waals surface area contributed by atoms with Gasteiger partial charge in [0.2, 0.25) is 0 Å². The molecule has 6 nitrogen and oxygen atoms in total. The molecule has 1 saturated carbocycles. The Morgan fingerprint density at radius 2 is 2.25 bits per heavy atom. The molecule has 1 fully saturated rings. The van der Waals surface area contributed by atoms with Crippen molar-refractivity contribution in [3.05, 3.63) is 0 Å². The predicted octanol–water partition coefficient (Wildman–Crippen LogP) is 0.132. The third-order valence-electron chi connectivity index (χ3n) is 3.08. The number of carboxylic acid groups (broad SMARTS) is 1. The monoisotopic (exact) mass is 226 g/mol. The molecular weight excluding hydrogens is 212 g/mol. The summed E-state index contributed by atoms with van der Waals surface area (Å²) in [6, 6.07) is 0. The molecule has 1 heterocycles. The molecule has 0 bridgehead atoms. The number of carbonyl (C=O) groups is 2. The second-order valence-electron chi connectivity index (χ2n) is 4.36. The Balaban J connectivity index is 2.06. The number of oxime groups is 1. The van der Waals surface area contributed by atoms with Crippen LogP contribution in [0.2, 0.25) is 0 Å². The molecule has 6 heteroatoms. The van der Waals surface area contributed by atoms with Gasteiger partial charge < -0.3 is 15.3 Å². The zero-order valence-corrected chi connectivity index (χ0v) is 9.02. The highest BCUT2D eigenvalue weighted by molar-refractivity contribution is 6.39. The van der Waals surface area contributed by atoms with E-state index in [4.69, 9.17) is 9.94 Å². The summed E-state index contributed by atoms with van der Waals surface area (Å²) in [5, 5.41) is 15.3. The van der Waals surface area contributed by atoms with Crippen molar-refractivity contribution in [1.82, 2.24) is 5.32 Å². The van der Waals surface area contributed by atoms with E-state index >= 15 is 0 Å². The number of carboxylic acids is 1. The van der Waals surface area contributed by atoms with Crippen LogP contribution in [0, 0.1) is 5.92 Å². The second kappa shape index (κ2) is 3.77. The molecule has 2 aliphatic rings. The third kappa shape index (κ3) is 1.87. The number of rotatable bonds is 4. The molecule has 1 amide bonds. The summed E-state index contributed by atoms with van der Waals surface area (Å²) in [4.78, 5) is 27.6. The third-order valence-corrected chi connectivity index (χ3v) is 3.08. The predicted molar refractivity (Wildman–Crippen MR) is 54.9 cm³/mol. The Bertz CT molecular complexity index is 362. The van der Waals surface area contributed by atoms with Gasteiger partial charge in [-0.15, -0.1) is 0 Å². The summed E-state index contributed by atoms with van der Waals surface area (Å²) in [7, 11) is 0. The highest BCUT2D eigenvalue weighted by atomic mass is 16.6. The highest BCUT2D eigenvalue weighted by Gasteiger charge is 2.49. The number of hydrogen-bond acceptors (Lipinski definition) is 4. The van der Waals surface area contributed by atoms with Crippen molar-refractivity contribution in [3.63, 3.8) is 0 Å². The number of hydrogen-bond donors (Lipinski definition) is 2. The lowest BCUT2D eigenvalue weighted by Gasteiger charge is -2.25. The minimum absolute atomic E-state index is 0.0249. The molecule has 0 aromatic rings. The van der Waals surface area contributed by atoms with Crippen LogP contribution in [0.25, 0.3) is 0 Å². The lowest BCUT2D eigenvalue weighted by atomic mass is 9.95. The van der Waals surface area contributed by atoms with Gasteiger partial charge in [0.05, 0.1) is 0 Å². The molecule has 1 unspecified atom stereocenters. The van der Waals surface area contributed by atoms with Crippen molar-refractivity contribution in [1.29, 1.82) is 0 Å². The van der Waals surface area contributed by atoms with Crippen LogP contribution in [0.1, 0.15) is 26.2 Å². The fourth-order valence-corrected chi connectivity index (χ4v) is 1.77. The molecule has 2 rings (SSSR count). The van der Waals surface area contributed by atoms with Crippen molar-refractivity contribution in [2.75, 3.05) is 6.61 Å². The van der Waals surface area contributed by atoms with Crippen LogP contribution in [0.5, 0.6) is 0 Å². The van der Waals surface area contributed by atoms with E-state index in [9.17, 15) is 9.59 Å². The molecule has 88 valence electrons. The molecule has 0 aromatic carbocycles. The van der Waals surface area contributed by atoms with Gasteiger partial charge in [0, 0.05) is 6.42 Å². The SMILES string of the molecule is CC(NC(=O)C1=NOCC1)(C(=O)O)C1CC1. The van der Waals surface area contributed by atoms with Crippen LogP contribution in [0.3, 0.4) is 0 Å². The summed E-state index contributed by atoms with van der Waals surface area (Å²) >= 11 is 0. The quantitative estimate of drug-likeness (QED) is 0.713. The largest absolute Gasteiger partial charge is 0.480 e. The minimum Gasteiger partial charge on any atom is -0.480 e. The normalized spacial score (nSPS) is 22.9. The zero-order valence-electron chi connectivity index (χ0n) is 9.02. The van der Waals surface area contributed by atoms with Gasteiger partial charge in [-0.1, -0.05) is 5.16 Å². The maximum atomic E-state index is 11.7. The van der Waals surface area contributed by atoms with Gasteiger partial charge in [-0.05, 0) is 25.7 Å². The maximum Gasteiger partial charge on any atom is 0.329 e. The fraction of sp³-hybridized carbons (Fsp3) is 0.700. The Morgan fingerprint density at radius 1 is 1.56 bits per heavy atom. The smallest absolute Gasteiger partial charge is 0.329 e. The number of amides is 1. The maximum absolute atomic E-state index is 11.7. The molecule has 1 atom stereocenters. The molecule has 16 heavy (non-hydrogen) atoms. The molecular formula is C10H14N2O4. The zero-order chi connectivity index (χ0) is 11.8. The first-order valence-electron chi connectivity index (χ1n) is 5.29. The lowest BCUT2D eigenvalue weighted by Crippen LogP contribution is -2.55. The summed E-state index contributed by atoms with van der Waals surface area (Å²) in [6.45, 7) is 1.93. The first-order chi connectivity index (χ1) is 7.54. The summed E-state index contributed by atoms with van der Waals surface area (Å²) in [6.07, 6.45) is 2.12. The van der Waals surface area contributed by atoms with Crippen LogP contribution < -0.4 is 5.32 Å². The van der Waals surface area contributed by atoms with E-state index < -0.39 is 17.4 Å². The van der Waals surface area contributed by atoms with E-state index in [2.05, 4.69) is 10.5 Å². The summed E-state index contributed by atoms with van der Waals surface area (Å²) in [5.74, 6) is -1.41. The highest BCUT2D eigenvalue weighted by Crippen LogP contribution is 2.39. The average Bonchev–Trinajstić information content (AvgIpc) is 2.94. The van der Waals surface area contributed by atoms with Gasteiger partial charge in [0.15, 0.2) is 0 Å². The molecule has 0 spiro atoms. The van der Waals surface area contributed by atoms with Crippen LogP contribution in [-0.2, 0) is 14.4 Å². The van der Waals surface area contributed by atoms with Crippen LogP contribution >= 0.6 is 0 Å². The second-order valence-corrected chi connectivity index (χ2v) is 4.36. The molecule has 0 saturated heterocycles. The van der Waals surface area contributed by atoms with Gasteiger partial charge >= 0.3 is 5.97 Å². The number of aliphatic carboxylic acids is 1. The molecule has 0 radical (unpaired) electrons. The average molecular weight is 226 g/mol. The van der Waals surface area contributed by atoms with Gasteiger partial charge in [0.1, 0.15) is 17.9 Å². The van der Waals surface area contributed by atoms with E-state index in [1.54, 1.807) is 6.92 Å². The van der Waals surface area contributed by atoms with E-state index in [1.807, 2.05) is 0 Å². The molecule has 1 aliphatic heterocycles. The Kier molecular flexibility index (Phi) is 2.57. The van der Waals surface area contributed by atoms with Crippen molar-refractivity contribution < 1.29 is 19.5 Å². The van der Waals surface area contributed by atoms with Crippen molar-refractivity contribution >= 4 is 17.6 Å². The van der Waals surface area contributed by atoms with Crippen molar-refractivity contribution in [2.24, 2.45) is 11.1 Å². The van der Waals surface area contributed by atoms with Crippen LogP contribution in [-0.4, -0.2) is 34.8 Å². The first kappa shape index (κ1) is 10.9. The molecule has 0 aromatic heterocycles. The van der Waals surface area contributed by atoms with Crippen LogP contribution in [0.4, 0.5) is 0 Å². The topological polar surface area (TPSA) is 88.0 Å². The number of nitrogens with zero attached hydrogens (tertiary/aromatic N) is 1. The van der Waals surface area contributed by atoms with Crippen LogP contribution in [0.15, 0.2) is 5.16 Å².